The molecule has 1 atom stereocenters. The topological polar surface area (TPSA) is 172 Å². The van der Waals surface area contributed by atoms with E-state index in [-0.39, 0.29) is 41.3 Å². The fourth-order valence-electron chi connectivity index (χ4n) is 4.80. The summed E-state index contributed by atoms with van der Waals surface area (Å²) in [6.07, 6.45) is 4.79. The highest BCUT2D eigenvalue weighted by Gasteiger charge is 2.40. The summed E-state index contributed by atoms with van der Waals surface area (Å²) in [7, 11) is -3.68. The lowest BCUT2D eigenvalue weighted by molar-refractivity contribution is 0.0698. The molecule has 12 nitrogen and oxygen atoms in total. The van der Waals surface area contributed by atoms with Crippen molar-refractivity contribution in [3.05, 3.63) is 41.1 Å². The van der Waals surface area contributed by atoms with Gasteiger partial charge in [0.05, 0.1) is 35.3 Å². The van der Waals surface area contributed by atoms with Crippen LogP contribution in [0.4, 0.5) is 11.5 Å². The molecule has 2 aromatic heterocycles. The number of nitrogen functional groups attached to an aromatic ring is 1. The van der Waals surface area contributed by atoms with Gasteiger partial charge in [-0.15, -0.1) is 5.10 Å². The minimum atomic E-state index is -3.68. The van der Waals surface area contributed by atoms with Gasteiger partial charge in [-0.1, -0.05) is 0 Å². The fraction of sp³-hybridized carbons (Fsp3) is 0.440. The molecule has 1 aromatic carbocycles. The molecule has 1 saturated carbocycles. The van der Waals surface area contributed by atoms with Crippen molar-refractivity contribution in [2.45, 2.75) is 51.7 Å². The quantitative estimate of drug-likeness (QED) is 0.333. The second kappa shape index (κ2) is 8.95. The van der Waals surface area contributed by atoms with Gasteiger partial charge in [-0.25, -0.2) is 17.9 Å². The van der Waals surface area contributed by atoms with Crippen LogP contribution in [0.25, 0.3) is 16.9 Å². The third kappa shape index (κ3) is 4.78. The highest BCUT2D eigenvalue weighted by molar-refractivity contribution is 7.92. The largest absolute Gasteiger partial charge is 0.394 e. The number of nitrogens with zero attached hydrogens (tertiary/aromatic N) is 4. The molecule has 38 heavy (non-hydrogen) atoms. The Morgan fingerprint density at radius 1 is 1.32 bits per heavy atom. The number of aliphatic hydroxyl groups excluding tert-OH is 1. The molecule has 13 heteroatoms. The van der Waals surface area contributed by atoms with Crippen molar-refractivity contribution in [1.29, 1.82) is 0 Å². The molecule has 0 saturated heterocycles. The van der Waals surface area contributed by atoms with Gasteiger partial charge in [0.2, 0.25) is 10.0 Å². The van der Waals surface area contributed by atoms with Crippen LogP contribution in [0.3, 0.4) is 0 Å². The minimum Gasteiger partial charge on any atom is -0.394 e. The van der Waals surface area contributed by atoms with E-state index in [1.54, 1.807) is 37.1 Å². The summed E-state index contributed by atoms with van der Waals surface area (Å²) in [6.45, 7) is 5.44. The Bertz CT molecular complexity index is 1580. The van der Waals surface area contributed by atoms with Crippen molar-refractivity contribution in [2.75, 3.05) is 23.3 Å². The number of hydrogen-bond donors (Lipinski definition) is 4. The molecular weight excluding hydrogens is 510 g/mol. The number of fused-ring (bicyclic) bond motifs is 2. The molecule has 5 rings (SSSR count). The fourth-order valence-corrected chi connectivity index (χ4v) is 5.36. The van der Waals surface area contributed by atoms with Gasteiger partial charge < -0.3 is 21.1 Å². The standard InChI is InChI=1S/C25H31N7O5S/c1-13(14-5-6-14)31-11-16-9-15(10-18(19(16)24(31)35)30-38(4,36)37)17-7-8-32-22(27-17)20(21(26)29-32)23(34)28-25(2,3)12-33/h7-10,13-14,30,33H,5-6,11-12H2,1-4H3,(H2,26,29)(H,28,34). The number of benzene rings is 1. The molecule has 0 spiro atoms. The minimum absolute atomic E-state index is 0.0235. The number of anilines is 2. The summed E-state index contributed by atoms with van der Waals surface area (Å²) in [4.78, 5) is 32.8. The third-order valence-electron chi connectivity index (χ3n) is 7.01. The van der Waals surface area contributed by atoms with E-state index >= 15 is 0 Å². The van der Waals surface area contributed by atoms with Crippen LogP contribution in [0.1, 0.15) is 59.9 Å². The maximum Gasteiger partial charge on any atom is 0.259 e. The van der Waals surface area contributed by atoms with Gasteiger partial charge in [0.15, 0.2) is 11.5 Å². The van der Waals surface area contributed by atoms with E-state index in [1.165, 1.54) is 4.52 Å². The van der Waals surface area contributed by atoms with E-state index in [0.29, 0.717) is 34.8 Å². The van der Waals surface area contributed by atoms with Crippen LogP contribution >= 0.6 is 0 Å². The zero-order valence-corrected chi connectivity index (χ0v) is 22.5. The van der Waals surface area contributed by atoms with E-state index in [1.807, 2.05) is 13.0 Å². The molecule has 2 amide bonds. The summed E-state index contributed by atoms with van der Waals surface area (Å²) < 4.78 is 28.3. The molecule has 0 radical (unpaired) electrons. The first-order valence-electron chi connectivity index (χ1n) is 12.3. The van der Waals surface area contributed by atoms with E-state index < -0.39 is 21.5 Å². The molecule has 5 N–H and O–H groups in total. The van der Waals surface area contributed by atoms with E-state index in [4.69, 9.17) is 5.73 Å². The smallest absolute Gasteiger partial charge is 0.259 e. The molecule has 0 bridgehead atoms. The lowest BCUT2D eigenvalue weighted by Gasteiger charge is -2.24. The number of hydrogen-bond acceptors (Lipinski definition) is 8. The molecule has 3 aromatic rings. The lowest BCUT2D eigenvalue weighted by Crippen LogP contribution is -2.46. The number of sulfonamides is 1. The average Bonchev–Trinajstić information content (AvgIpc) is 3.54. The average molecular weight is 542 g/mol. The maximum atomic E-state index is 13.3. The number of carbonyl (C=O) groups is 2. The zero-order chi connectivity index (χ0) is 27.6. The van der Waals surface area contributed by atoms with Gasteiger partial charge in [0.25, 0.3) is 11.8 Å². The predicted octanol–water partition coefficient (Wildman–Crippen LogP) is 1.60. The van der Waals surface area contributed by atoms with Crippen LogP contribution in [-0.2, 0) is 16.6 Å². The Labute approximate surface area is 220 Å². The van der Waals surface area contributed by atoms with Crippen molar-refractivity contribution in [3.63, 3.8) is 0 Å². The lowest BCUT2D eigenvalue weighted by atomic mass is 10.0. The van der Waals surface area contributed by atoms with Gasteiger partial charge in [-0.05, 0) is 63.3 Å². The summed E-state index contributed by atoms with van der Waals surface area (Å²) in [5.41, 5.74) is 7.64. The number of rotatable bonds is 8. The highest BCUT2D eigenvalue weighted by atomic mass is 32.2. The second-order valence-electron chi connectivity index (χ2n) is 10.8. The van der Waals surface area contributed by atoms with Crippen molar-refractivity contribution < 1.29 is 23.1 Å². The summed E-state index contributed by atoms with van der Waals surface area (Å²) >= 11 is 0. The Balaban J connectivity index is 1.60. The molecule has 1 aliphatic heterocycles. The first-order chi connectivity index (χ1) is 17.8. The summed E-state index contributed by atoms with van der Waals surface area (Å²) in [5.74, 6) is -0.306. The van der Waals surface area contributed by atoms with Crippen LogP contribution < -0.4 is 15.8 Å². The molecule has 1 unspecified atom stereocenters. The van der Waals surface area contributed by atoms with Crippen molar-refractivity contribution >= 4 is 39.0 Å². The number of carbonyl (C=O) groups excluding carboxylic acids is 2. The molecular formula is C25H31N7O5S. The summed E-state index contributed by atoms with van der Waals surface area (Å²) in [5, 5.41) is 16.4. The highest BCUT2D eigenvalue weighted by Crippen LogP contribution is 2.41. The van der Waals surface area contributed by atoms with E-state index in [9.17, 15) is 23.1 Å². The number of aliphatic hydroxyl groups is 1. The van der Waals surface area contributed by atoms with Gasteiger partial charge in [-0.2, -0.15) is 0 Å². The SMILES string of the molecule is CC(C1CC1)N1Cc2cc(-c3ccn4nc(N)c(C(=O)NC(C)(C)CO)c4n3)cc(NS(C)(=O)=O)c2C1=O. The van der Waals surface area contributed by atoms with Crippen LogP contribution in [0, 0.1) is 5.92 Å². The monoisotopic (exact) mass is 541 g/mol. The first kappa shape index (κ1) is 25.9. The molecule has 202 valence electrons. The Hall–Kier alpha value is -3.71. The molecule has 3 heterocycles. The number of amides is 2. The van der Waals surface area contributed by atoms with E-state index in [2.05, 4.69) is 20.1 Å². The summed E-state index contributed by atoms with van der Waals surface area (Å²) in [6, 6.07) is 5.13. The Kier molecular flexibility index (Phi) is 6.10. The number of nitrogens with two attached hydrogens (primary N) is 1. The predicted molar refractivity (Wildman–Crippen MR) is 142 cm³/mol. The van der Waals surface area contributed by atoms with Gasteiger partial charge in [0, 0.05) is 24.3 Å². The molecule has 1 fully saturated rings. The van der Waals surface area contributed by atoms with Crippen molar-refractivity contribution in [3.8, 4) is 11.3 Å². The zero-order valence-electron chi connectivity index (χ0n) is 21.6. The van der Waals surface area contributed by atoms with Gasteiger partial charge in [0.1, 0.15) is 5.56 Å². The first-order valence-corrected chi connectivity index (χ1v) is 14.2. The normalized spacial score (nSPS) is 16.6. The van der Waals surface area contributed by atoms with Crippen molar-refractivity contribution in [1.82, 2.24) is 24.8 Å². The van der Waals surface area contributed by atoms with Crippen molar-refractivity contribution in [2.24, 2.45) is 5.92 Å². The van der Waals surface area contributed by atoms with Gasteiger partial charge >= 0.3 is 0 Å². The number of nitrogens with one attached hydrogen (secondary N) is 2. The van der Waals surface area contributed by atoms with Crippen LogP contribution in [0.2, 0.25) is 0 Å². The molecule has 1 aliphatic carbocycles. The van der Waals surface area contributed by atoms with Crippen LogP contribution in [0.15, 0.2) is 24.4 Å². The van der Waals surface area contributed by atoms with E-state index in [0.717, 1.165) is 19.1 Å². The second-order valence-corrected chi connectivity index (χ2v) is 12.5. The molecule has 2 aliphatic rings. The van der Waals surface area contributed by atoms with Gasteiger partial charge in [-0.3, -0.25) is 14.3 Å². The number of aromatic nitrogens is 3. The Morgan fingerprint density at radius 3 is 2.66 bits per heavy atom. The maximum absolute atomic E-state index is 13.3. The van der Waals surface area contributed by atoms with Crippen LogP contribution in [-0.4, -0.2) is 69.3 Å². The third-order valence-corrected chi connectivity index (χ3v) is 7.60. The Morgan fingerprint density at radius 2 is 2.03 bits per heavy atom. The van der Waals surface area contributed by atoms with Crippen LogP contribution in [0.5, 0.6) is 0 Å².